The van der Waals surface area contributed by atoms with Crippen molar-refractivity contribution >= 4 is 11.9 Å². The van der Waals surface area contributed by atoms with Gasteiger partial charge in [0.15, 0.2) is 0 Å². The van der Waals surface area contributed by atoms with Gasteiger partial charge < -0.3 is 15.1 Å². The third kappa shape index (κ3) is 4.97. The molecule has 0 spiro atoms. The summed E-state index contributed by atoms with van der Waals surface area (Å²) < 4.78 is 0. The normalized spacial score (nSPS) is 10.1. The molecule has 1 rings (SSSR count). The van der Waals surface area contributed by atoms with Gasteiger partial charge in [-0.25, -0.2) is 0 Å². The third-order valence-corrected chi connectivity index (χ3v) is 2.49. The van der Waals surface area contributed by atoms with Crippen LogP contribution in [0.3, 0.4) is 0 Å². The predicted molar refractivity (Wildman–Crippen MR) is 65.8 cm³/mol. The fourth-order valence-corrected chi connectivity index (χ4v) is 1.59. The predicted octanol–water partition coefficient (Wildman–Crippen LogP) is 0.872. The van der Waals surface area contributed by atoms with Crippen LogP contribution in [0, 0.1) is 0 Å². The number of hydrogen-bond acceptors (Lipinski definition) is 3. The van der Waals surface area contributed by atoms with E-state index in [1.807, 2.05) is 30.3 Å². The summed E-state index contributed by atoms with van der Waals surface area (Å²) in [5.74, 6) is -1.25. The number of amides is 1. The van der Waals surface area contributed by atoms with Crippen LogP contribution < -0.4 is 0 Å². The zero-order valence-electron chi connectivity index (χ0n) is 10.1. The van der Waals surface area contributed by atoms with Crippen LogP contribution >= 0.6 is 0 Å². The zero-order chi connectivity index (χ0) is 13.4. The van der Waals surface area contributed by atoms with Gasteiger partial charge in [-0.2, -0.15) is 0 Å². The van der Waals surface area contributed by atoms with Crippen LogP contribution in [-0.4, -0.2) is 40.1 Å². The Hall–Kier alpha value is -1.88. The molecule has 98 valence electrons. The Bertz CT molecular complexity index is 391. The summed E-state index contributed by atoms with van der Waals surface area (Å²) >= 11 is 0. The second-order valence-corrected chi connectivity index (χ2v) is 3.92. The van der Waals surface area contributed by atoms with Gasteiger partial charge in [-0.1, -0.05) is 30.3 Å². The van der Waals surface area contributed by atoms with E-state index in [1.165, 1.54) is 4.90 Å². The Morgan fingerprint density at radius 3 is 2.33 bits per heavy atom. The standard InChI is InChI=1S/C13H17NO4/c15-9-8-14(12(16)6-7-13(17)18)10-11-4-2-1-3-5-11/h1-5,15H,6-10H2,(H,17,18). The van der Waals surface area contributed by atoms with Gasteiger partial charge in [-0.05, 0) is 5.56 Å². The Kier molecular flexibility index (Phi) is 5.87. The van der Waals surface area contributed by atoms with Crippen molar-refractivity contribution in [2.75, 3.05) is 13.2 Å². The van der Waals surface area contributed by atoms with Crippen LogP contribution in [0.2, 0.25) is 0 Å². The number of aliphatic carboxylic acids is 1. The third-order valence-electron chi connectivity index (χ3n) is 2.49. The van der Waals surface area contributed by atoms with Crippen LogP contribution in [0.1, 0.15) is 18.4 Å². The lowest BCUT2D eigenvalue weighted by molar-refractivity contribution is -0.141. The van der Waals surface area contributed by atoms with Gasteiger partial charge in [0.05, 0.1) is 13.0 Å². The summed E-state index contributed by atoms with van der Waals surface area (Å²) in [5, 5.41) is 17.5. The molecule has 0 aliphatic rings. The van der Waals surface area contributed by atoms with Gasteiger partial charge in [-0.15, -0.1) is 0 Å². The van der Waals surface area contributed by atoms with Crippen molar-refractivity contribution < 1.29 is 19.8 Å². The number of benzene rings is 1. The second-order valence-electron chi connectivity index (χ2n) is 3.92. The molecule has 0 fully saturated rings. The minimum absolute atomic E-state index is 0.0395. The highest BCUT2D eigenvalue weighted by atomic mass is 16.4. The van der Waals surface area contributed by atoms with Crippen molar-refractivity contribution in [2.45, 2.75) is 19.4 Å². The molecule has 0 saturated carbocycles. The number of nitrogens with zero attached hydrogens (tertiary/aromatic N) is 1. The summed E-state index contributed by atoms with van der Waals surface area (Å²) in [5.41, 5.74) is 0.953. The number of carbonyl (C=O) groups is 2. The van der Waals surface area contributed by atoms with E-state index in [4.69, 9.17) is 10.2 Å². The maximum absolute atomic E-state index is 11.8. The molecule has 2 N–H and O–H groups in total. The molecule has 0 atom stereocenters. The molecule has 0 aromatic heterocycles. The lowest BCUT2D eigenvalue weighted by atomic mass is 10.2. The molecule has 5 nitrogen and oxygen atoms in total. The van der Waals surface area contributed by atoms with Crippen LogP contribution in [0.25, 0.3) is 0 Å². The first-order valence-corrected chi connectivity index (χ1v) is 5.78. The summed E-state index contributed by atoms with van der Waals surface area (Å²) in [6.45, 7) is 0.471. The van der Waals surface area contributed by atoms with Gasteiger partial charge in [0.2, 0.25) is 5.91 Å². The molecule has 1 aromatic rings. The highest BCUT2D eigenvalue weighted by Gasteiger charge is 2.14. The molecule has 0 radical (unpaired) electrons. The number of rotatable bonds is 7. The number of aliphatic hydroxyl groups excluding tert-OH is 1. The Morgan fingerprint density at radius 2 is 1.78 bits per heavy atom. The van der Waals surface area contributed by atoms with Crippen LogP contribution in [0.15, 0.2) is 30.3 Å². The molecule has 0 aliphatic carbocycles. The van der Waals surface area contributed by atoms with Crippen molar-refractivity contribution in [3.05, 3.63) is 35.9 Å². The lowest BCUT2D eigenvalue weighted by Crippen LogP contribution is -2.33. The monoisotopic (exact) mass is 251 g/mol. The fraction of sp³-hybridized carbons (Fsp3) is 0.385. The van der Waals surface area contributed by atoms with E-state index >= 15 is 0 Å². The maximum atomic E-state index is 11.8. The van der Waals surface area contributed by atoms with E-state index in [9.17, 15) is 9.59 Å². The minimum Gasteiger partial charge on any atom is -0.481 e. The molecule has 5 heteroatoms. The molecule has 0 bridgehead atoms. The Morgan fingerprint density at radius 1 is 1.11 bits per heavy atom. The topological polar surface area (TPSA) is 77.8 Å². The average molecular weight is 251 g/mol. The van der Waals surface area contributed by atoms with E-state index in [1.54, 1.807) is 0 Å². The van der Waals surface area contributed by atoms with Crippen LogP contribution in [0.4, 0.5) is 0 Å². The zero-order valence-corrected chi connectivity index (χ0v) is 10.1. The smallest absolute Gasteiger partial charge is 0.303 e. The number of hydrogen-bond donors (Lipinski definition) is 2. The molecule has 0 saturated heterocycles. The molecule has 1 amide bonds. The number of carboxylic acids is 1. The number of aliphatic hydroxyl groups is 1. The van der Waals surface area contributed by atoms with Gasteiger partial charge in [0.1, 0.15) is 0 Å². The minimum atomic E-state index is -0.994. The molecular weight excluding hydrogens is 234 g/mol. The van der Waals surface area contributed by atoms with Gasteiger partial charge >= 0.3 is 5.97 Å². The van der Waals surface area contributed by atoms with Crippen LogP contribution in [0.5, 0.6) is 0 Å². The molecule has 0 aliphatic heterocycles. The number of carboxylic acid groups (broad SMARTS) is 1. The largest absolute Gasteiger partial charge is 0.481 e. The average Bonchev–Trinajstić information content (AvgIpc) is 2.36. The Balaban J connectivity index is 2.58. The van der Waals surface area contributed by atoms with Crippen molar-refractivity contribution in [3.8, 4) is 0 Å². The summed E-state index contributed by atoms with van der Waals surface area (Å²) in [6, 6.07) is 9.39. The quantitative estimate of drug-likeness (QED) is 0.754. The van der Waals surface area contributed by atoms with Gasteiger partial charge in [0, 0.05) is 19.5 Å². The first-order chi connectivity index (χ1) is 8.63. The first-order valence-electron chi connectivity index (χ1n) is 5.78. The van der Waals surface area contributed by atoms with Crippen molar-refractivity contribution in [3.63, 3.8) is 0 Å². The van der Waals surface area contributed by atoms with E-state index in [0.717, 1.165) is 5.56 Å². The van der Waals surface area contributed by atoms with E-state index < -0.39 is 5.97 Å². The highest BCUT2D eigenvalue weighted by molar-refractivity contribution is 5.80. The summed E-state index contributed by atoms with van der Waals surface area (Å²) in [4.78, 5) is 23.7. The first kappa shape index (κ1) is 14.2. The SMILES string of the molecule is O=C(O)CCC(=O)N(CCO)Cc1ccccc1. The van der Waals surface area contributed by atoms with E-state index in [2.05, 4.69) is 0 Å². The summed E-state index contributed by atoms with van der Waals surface area (Å²) in [7, 11) is 0. The van der Waals surface area contributed by atoms with E-state index in [-0.39, 0.29) is 31.9 Å². The van der Waals surface area contributed by atoms with Crippen LogP contribution in [-0.2, 0) is 16.1 Å². The van der Waals surface area contributed by atoms with Crippen molar-refractivity contribution in [2.24, 2.45) is 0 Å². The maximum Gasteiger partial charge on any atom is 0.303 e. The lowest BCUT2D eigenvalue weighted by Gasteiger charge is -2.21. The fourth-order valence-electron chi connectivity index (χ4n) is 1.59. The molecule has 0 heterocycles. The van der Waals surface area contributed by atoms with Crippen molar-refractivity contribution in [1.82, 2.24) is 4.90 Å². The molecular formula is C13H17NO4. The Labute approximate surface area is 106 Å². The molecule has 0 unspecified atom stereocenters. The second kappa shape index (κ2) is 7.45. The van der Waals surface area contributed by atoms with Crippen molar-refractivity contribution in [1.29, 1.82) is 0 Å². The number of carbonyl (C=O) groups excluding carboxylic acids is 1. The van der Waals surface area contributed by atoms with Gasteiger partial charge in [0.25, 0.3) is 0 Å². The summed E-state index contributed by atoms with van der Waals surface area (Å²) in [6.07, 6.45) is -0.224. The van der Waals surface area contributed by atoms with E-state index in [0.29, 0.717) is 6.54 Å². The molecule has 1 aromatic carbocycles. The molecule has 18 heavy (non-hydrogen) atoms. The highest BCUT2D eigenvalue weighted by Crippen LogP contribution is 2.06. The van der Waals surface area contributed by atoms with Gasteiger partial charge in [-0.3, -0.25) is 9.59 Å².